The van der Waals surface area contributed by atoms with E-state index in [2.05, 4.69) is 6.92 Å². The van der Waals surface area contributed by atoms with Gasteiger partial charge in [-0.2, -0.15) is 0 Å². The third-order valence-corrected chi connectivity index (χ3v) is 4.06. The second-order valence-electron chi connectivity index (χ2n) is 5.87. The lowest BCUT2D eigenvalue weighted by Gasteiger charge is -2.30. The van der Waals surface area contributed by atoms with Crippen LogP contribution in [0.4, 0.5) is 5.69 Å². The summed E-state index contributed by atoms with van der Waals surface area (Å²) in [5, 5.41) is 10.9. The first-order valence-corrected chi connectivity index (χ1v) is 7.59. The third-order valence-electron chi connectivity index (χ3n) is 4.06. The highest BCUT2D eigenvalue weighted by molar-refractivity contribution is 5.93. The molecule has 1 aliphatic rings. The van der Waals surface area contributed by atoms with E-state index in [1.54, 1.807) is 4.90 Å². The minimum atomic E-state index is -0.718. The van der Waals surface area contributed by atoms with Crippen LogP contribution < -0.4 is 0 Å². The summed E-state index contributed by atoms with van der Waals surface area (Å²) in [6.45, 7) is 4.58. The fourth-order valence-electron chi connectivity index (χ4n) is 2.75. The van der Waals surface area contributed by atoms with Crippen molar-refractivity contribution in [3.05, 3.63) is 39.4 Å². The molecule has 124 valence electrons. The van der Waals surface area contributed by atoms with Gasteiger partial charge in [0.1, 0.15) is 0 Å². The predicted molar refractivity (Wildman–Crippen MR) is 83.1 cm³/mol. The Morgan fingerprint density at radius 2 is 2.17 bits per heavy atom. The molecule has 1 saturated heterocycles. The number of benzene rings is 1. The molecule has 1 amide bonds. The van der Waals surface area contributed by atoms with E-state index in [9.17, 15) is 19.7 Å². The molecule has 1 fully saturated rings. The number of esters is 1. The zero-order valence-corrected chi connectivity index (χ0v) is 13.3. The van der Waals surface area contributed by atoms with E-state index in [4.69, 9.17) is 4.74 Å². The Balaban J connectivity index is 1.98. The second-order valence-corrected chi connectivity index (χ2v) is 5.87. The van der Waals surface area contributed by atoms with E-state index >= 15 is 0 Å². The molecule has 0 aromatic heterocycles. The van der Waals surface area contributed by atoms with Crippen LogP contribution in [0, 0.1) is 23.0 Å². The van der Waals surface area contributed by atoms with Crippen molar-refractivity contribution in [3.8, 4) is 0 Å². The standard InChI is InChI=1S/C16H20N2O5/c1-11-5-4-8-17(9-11)15(19)10-23-16(20)13-6-3-7-14(12(13)2)18(21)22/h3,6-7,11H,4-5,8-10H2,1-2H3/t11-/m0/s1. The minimum Gasteiger partial charge on any atom is -0.452 e. The van der Waals surface area contributed by atoms with E-state index in [0.29, 0.717) is 19.0 Å². The van der Waals surface area contributed by atoms with Gasteiger partial charge in [0.05, 0.1) is 10.5 Å². The van der Waals surface area contributed by atoms with Crippen molar-refractivity contribution in [1.82, 2.24) is 4.90 Å². The lowest BCUT2D eigenvalue weighted by Crippen LogP contribution is -2.41. The van der Waals surface area contributed by atoms with Gasteiger partial charge in [-0.25, -0.2) is 4.79 Å². The summed E-state index contributed by atoms with van der Waals surface area (Å²) in [7, 11) is 0. The highest BCUT2D eigenvalue weighted by Crippen LogP contribution is 2.22. The maximum atomic E-state index is 12.1. The summed E-state index contributed by atoms with van der Waals surface area (Å²) < 4.78 is 5.04. The molecule has 1 aromatic carbocycles. The molecule has 1 aromatic rings. The van der Waals surface area contributed by atoms with Gasteiger partial charge in [0, 0.05) is 24.7 Å². The fourth-order valence-corrected chi connectivity index (χ4v) is 2.75. The largest absolute Gasteiger partial charge is 0.452 e. The van der Waals surface area contributed by atoms with Gasteiger partial charge in [0.2, 0.25) is 0 Å². The fraction of sp³-hybridized carbons (Fsp3) is 0.500. The summed E-state index contributed by atoms with van der Waals surface area (Å²) in [6, 6.07) is 4.21. The van der Waals surface area contributed by atoms with Crippen molar-refractivity contribution in [2.24, 2.45) is 5.92 Å². The lowest BCUT2D eigenvalue weighted by atomic mass is 10.0. The predicted octanol–water partition coefficient (Wildman–Crippen LogP) is 2.32. The Morgan fingerprint density at radius 1 is 1.43 bits per heavy atom. The average molecular weight is 320 g/mol. The zero-order valence-electron chi connectivity index (χ0n) is 13.3. The Labute approximate surface area is 134 Å². The molecule has 2 rings (SSSR count). The highest BCUT2D eigenvalue weighted by atomic mass is 16.6. The number of ether oxygens (including phenoxy) is 1. The number of likely N-dealkylation sites (tertiary alicyclic amines) is 1. The maximum Gasteiger partial charge on any atom is 0.339 e. The van der Waals surface area contributed by atoms with Crippen molar-refractivity contribution >= 4 is 17.6 Å². The van der Waals surface area contributed by atoms with Crippen molar-refractivity contribution in [2.45, 2.75) is 26.7 Å². The van der Waals surface area contributed by atoms with Crippen molar-refractivity contribution in [2.75, 3.05) is 19.7 Å². The Kier molecular flexibility index (Phi) is 5.31. The number of carbonyl (C=O) groups is 2. The smallest absolute Gasteiger partial charge is 0.339 e. The van der Waals surface area contributed by atoms with Crippen LogP contribution in [0.1, 0.15) is 35.7 Å². The molecule has 7 nitrogen and oxygen atoms in total. The summed E-state index contributed by atoms with van der Waals surface area (Å²) in [6.07, 6.45) is 2.04. The van der Waals surface area contributed by atoms with E-state index in [1.807, 2.05) is 0 Å². The lowest BCUT2D eigenvalue weighted by molar-refractivity contribution is -0.385. The first kappa shape index (κ1) is 16.9. The van der Waals surface area contributed by atoms with Crippen molar-refractivity contribution < 1.29 is 19.2 Å². The van der Waals surface area contributed by atoms with Crippen LogP contribution in [0.2, 0.25) is 0 Å². The van der Waals surface area contributed by atoms with Crippen LogP contribution >= 0.6 is 0 Å². The summed E-state index contributed by atoms with van der Waals surface area (Å²) in [5.41, 5.74) is 0.205. The number of nitrogens with zero attached hydrogens (tertiary/aromatic N) is 2. The summed E-state index contributed by atoms with van der Waals surface area (Å²) >= 11 is 0. The molecule has 23 heavy (non-hydrogen) atoms. The van der Waals surface area contributed by atoms with Crippen molar-refractivity contribution in [1.29, 1.82) is 0 Å². The number of piperidine rings is 1. The maximum absolute atomic E-state index is 12.1. The van der Waals surface area contributed by atoms with Crippen LogP contribution in [0.3, 0.4) is 0 Å². The number of hydrogen-bond acceptors (Lipinski definition) is 5. The van der Waals surface area contributed by atoms with Gasteiger partial charge in [-0.05, 0) is 31.7 Å². The number of nitro benzene ring substituents is 1. The molecule has 0 saturated carbocycles. The number of amides is 1. The normalized spacial score (nSPS) is 17.7. The minimum absolute atomic E-state index is 0.110. The van der Waals surface area contributed by atoms with Gasteiger partial charge < -0.3 is 9.64 Å². The number of hydrogen-bond donors (Lipinski definition) is 0. The van der Waals surface area contributed by atoms with Crippen LogP contribution in [0.5, 0.6) is 0 Å². The molecule has 0 bridgehead atoms. The third kappa shape index (κ3) is 4.06. The molecule has 0 unspecified atom stereocenters. The topological polar surface area (TPSA) is 89.8 Å². The van der Waals surface area contributed by atoms with Gasteiger partial charge in [-0.3, -0.25) is 14.9 Å². The molecule has 0 radical (unpaired) electrons. The van der Waals surface area contributed by atoms with Crippen LogP contribution in [-0.4, -0.2) is 41.4 Å². The van der Waals surface area contributed by atoms with Gasteiger partial charge in [-0.1, -0.05) is 13.0 Å². The van der Waals surface area contributed by atoms with Gasteiger partial charge in [-0.15, -0.1) is 0 Å². The van der Waals surface area contributed by atoms with Gasteiger partial charge in [0.25, 0.3) is 11.6 Å². The first-order valence-electron chi connectivity index (χ1n) is 7.59. The second kappa shape index (κ2) is 7.21. The highest BCUT2D eigenvalue weighted by Gasteiger charge is 2.23. The van der Waals surface area contributed by atoms with E-state index in [1.165, 1.54) is 25.1 Å². The quantitative estimate of drug-likeness (QED) is 0.482. The number of rotatable bonds is 4. The SMILES string of the molecule is Cc1c(C(=O)OCC(=O)N2CCC[C@H](C)C2)cccc1[N+](=O)[O-]. The molecule has 0 N–H and O–H groups in total. The van der Waals surface area contributed by atoms with Crippen LogP contribution in [0.15, 0.2) is 18.2 Å². The average Bonchev–Trinajstić information content (AvgIpc) is 2.52. The van der Waals surface area contributed by atoms with Gasteiger partial charge >= 0.3 is 5.97 Å². The van der Waals surface area contributed by atoms with E-state index in [0.717, 1.165) is 12.8 Å². The Morgan fingerprint density at radius 3 is 2.83 bits per heavy atom. The molecule has 0 spiro atoms. The Hall–Kier alpha value is -2.44. The summed E-state index contributed by atoms with van der Waals surface area (Å²) in [5.74, 6) is -0.500. The zero-order chi connectivity index (χ0) is 17.0. The number of nitro groups is 1. The Bertz CT molecular complexity index is 629. The van der Waals surface area contributed by atoms with Crippen LogP contribution in [-0.2, 0) is 9.53 Å². The molecular weight excluding hydrogens is 300 g/mol. The molecule has 7 heteroatoms. The molecule has 0 aliphatic carbocycles. The van der Waals surface area contributed by atoms with Crippen molar-refractivity contribution in [3.63, 3.8) is 0 Å². The molecular formula is C16H20N2O5. The number of carbonyl (C=O) groups excluding carboxylic acids is 2. The van der Waals surface area contributed by atoms with E-state index < -0.39 is 10.9 Å². The molecule has 1 atom stereocenters. The first-order chi connectivity index (χ1) is 10.9. The monoisotopic (exact) mass is 320 g/mol. The van der Waals surface area contributed by atoms with Crippen LogP contribution in [0.25, 0.3) is 0 Å². The van der Waals surface area contributed by atoms with E-state index in [-0.39, 0.29) is 29.3 Å². The summed E-state index contributed by atoms with van der Waals surface area (Å²) in [4.78, 5) is 36.2. The molecule has 1 heterocycles. The van der Waals surface area contributed by atoms with Gasteiger partial charge in [0.15, 0.2) is 6.61 Å². The molecule has 1 aliphatic heterocycles.